The van der Waals surface area contributed by atoms with E-state index in [0.29, 0.717) is 45.0 Å². The zero-order chi connectivity index (χ0) is 28.5. The van der Waals surface area contributed by atoms with E-state index in [2.05, 4.69) is 20.6 Å². The number of ether oxygens (including phenoxy) is 3. The first kappa shape index (κ1) is 28.5. The fourth-order valence-corrected chi connectivity index (χ4v) is 5.30. The molecule has 3 aromatic rings. The van der Waals surface area contributed by atoms with E-state index < -0.39 is 35.7 Å². The number of carbonyl (C=O) groups is 2. The molecule has 3 N–H and O–H groups in total. The number of carbonyl (C=O) groups excluding carboxylic acids is 1. The molecule has 1 aliphatic rings. The van der Waals surface area contributed by atoms with E-state index in [1.165, 1.54) is 14.2 Å². The second-order valence-electron chi connectivity index (χ2n) is 10.3. The lowest BCUT2D eigenvalue weighted by atomic mass is 10.0. The summed E-state index contributed by atoms with van der Waals surface area (Å²) in [4.78, 5) is 33.1. The Balaban J connectivity index is 1.60. The SMILES string of the molecule is COc1cc(OC)c(Cl)c(-c2ccc3nc(NC4CC(C(=O)O)C[C@@H]4NC(=O)OC(C)(C)C)ncc3c2)c1Cl. The lowest BCUT2D eigenvalue weighted by Crippen LogP contribution is -2.45. The number of carboxylic acids is 1. The average molecular weight is 577 g/mol. The predicted molar refractivity (Wildman–Crippen MR) is 149 cm³/mol. The Morgan fingerprint density at radius 2 is 1.67 bits per heavy atom. The van der Waals surface area contributed by atoms with Crippen LogP contribution in [0.4, 0.5) is 10.7 Å². The van der Waals surface area contributed by atoms with Gasteiger partial charge in [0, 0.05) is 23.2 Å². The Morgan fingerprint density at radius 3 is 2.26 bits per heavy atom. The van der Waals surface area contributed by atoms with Crippen LogP contribution in [0.25, 0.3) is 22.0 Å². The van der Waals surface area contributed by atoms with Crippen molar-refractivity contribution in [1.29, 1.82) is 0 Å². The first-order valence-electron chi connectivity index (χ1n) is 12.3. The normalized spacial score (nSPS) is 19.0. The summed E-state index contributed by atoms with van der Waals surface area (Å²) >= 11 is 13.2. The molecule has 1 saturated carbocycles. The molecule has 0 radical (unpaired) electrons. The topological polar surface area (TPSA) is 132 Å². The van der Waals surface area contributed by atoms with Crippen molar-refractivity contribution < 1.29 is 28.9 Å². The van der Waals surface area contributed by atoms with Gasteiger partial charge in [-0.15, -0.1) is 0 Å². The number of nitrogens with zero attached hydrogens (tertiary/aromatic N) is 2. The smallest absolute Gasteiger partial charge is 0.407 e. The van der Waals surface area contributed by atoms with Crippen molar-refractivity contribution in [2.75, 3.05) is 19.5 Å². The van der Waals surface area contributed by atoms with Gasteiger partial charge in [-0.1, -0.05) is 29.3 Å². The van der Waals surface area contributed by atoms with Crippen molar-refractivity contribution in [2.24, 2.45) is 5.92 Å². The number of halogens is 2. The van der Waals surface area contributed by atoms with E-state index in [4.69, 9.17) is 37.4 Å². The van der Waals surface area contributed by atoms with Crippen LogP contribution in [-0.4, -0.2) is 59.0 Å². The van der Waals surface area contributed by atoms with Crippen LogP contribution in [0.15, 0.2) is 30.5 Å². The fourth-order valence-electron chi connectivity index (χ4n) is 4.58. The number of amides is 1. The van der Waals surface area contributed by atoms with Gasteiger partial charge >= 0.3 is 12.1 Å². The molecule has 12 heteroatoms. The predicted octanol–water partition coefficient (Wildman–Crippen LogP) is 5.79. The number of rotatable bonds is 7. The summed E-state index contributed by atoms with van der Waals surface area (Å²) < 4.78 is 16.1. The van der Waals surface area contributed by atoms with Crippen LogP contribution in [0, 0.1) is 5.92 Å². The molecule has 1 heterocycles. The molecule has 3 atom stereocenters. The number of carboxylic acid groups (broad SMARTS) is 1. The number of aliphatic carboxylic acids is 1. The molecule has 39 heavy (non-hydrogen) atoms. The van der Waals surface area contributed by atoms with Gasteiger partial charge in [0.1, 0.15) is 17.1 Å². The van der Waals surface area contributed by atoms with Gasteiger partial charge < -0.3 is 30.0 Å². The van der Waals surface area contributed by atoms with Crippen molar-refractivity contribution in [3.8, 4) is 22.6 Å². The van der Waals surface area contributed by atoms with Crippen molar-refractivity contribution in [3.63, 3.8) is 0 Å². The van der Waals surface area contributed by atoms with Gasteiger partial charge in [-0.2, -0.15) is 0 Å². The number of benzene rings is 2. The van der Waals surface area contributed by atoms with Crippen molar-refractivity contribution >= 4 is 52.1 Å². The minimum absolute atomic E-state index is 0.259. The van der Waals surface area contributed by atoms with Gasteiger partial charge in [0.2, 0.25) is 5.95 Å². The molecule has 10 nitrogen and oxygen atoms in total. The highest BCUT2D eigenvalue weighted by Gasteiger charge is 2.40. The Labute approximate surface area is 236 Å². The number of alkyl carbamates (subject to hydrolysis) is 1. The standard InChI is InChI=1S/C27H30Cl2N4O6/c1-27(2,3)39-26(36)33-18-10-14(24(34)35)9-17(18)32-25-30-12-15-8-13(6-7-16(15)31-25)21-22(28)19(37-4)11-20(38-5)23(21)29/h6-8,11-12,14,17-18H,9-10H2,1-5H3,(H,33,36)(H,34,35)(H,30,31,32)/t14?,17?,18-/m0/s1. The average Bonchev–Trinajstić information content (AvgIpc) is 3.25. The van der Waals surface area contributed by atoms with Crippen molar-refractivity contribution in [2.45, 2.75) is 51.3 Å². The van der Waals surface area contributed by atoms with E-state index in [0.717, 1.165) is 10.9 Å². The fraction of sp³-hybridized carbons (Fsp3) is 0.407. The maximum atomic E-state index is 12.4. The number of methoxy groups -OCH3 is 2. The second kappa shape index (κ2) is 11.3. The van der Waals surface area contributed by atoms with Crippen LogP contribution in [0.1, 0.15) is 33.6 Å². The highest BCUT2D eigenvalue weighted by molar-refractivity contribution is 6.41. The molecule has 4 rings (SSSR count). The Morgan fingerprint density at radius 1 is 1.03 bits per heavy atom. The molecular weight excluding hydrogens is 547 g/mol. The molecule has 0 saturated heterocycles. The lowest BCUT2D eigenvalue weighted by Gasteiger charge is -2.25. The van der Waals surface area contributed by atoms with Crippen LogP contribution in [-0.2, 0) is 9.53 Å². The molecule has 2 aromatic carbocycles. The van der Waals surface area contributed by atoms with Gasteiger partial charge in [0.25, 0.3) is 0 Å². The maximum absolute atomic E-state index is 12.4. The van der Waals surface area contributed by atoms with Crippen LogP contribution >= 0.6 is 23.2 Å². The largest absolute Gasteiger partial charge is 0.495 e. The monoisotopic (exact) mass is 576 g/mol. The zero-order valence-electron chi connectivity index (χ0n) is 22.2. The maximum Gasteiger partial charge on any atom is 0.407 e. The quantitative estimate of drug-likeness (QED) is 0.319. The number of anilines is 1. The summed E-state index contributed by atoms with van der Waals surface area (Å²) in [7, 11) is 3.02. The van der Waals surface area contributed by atoms with Crippen LogP contribution in [0.2, 0.25) is 10.0 Å². The highest BCUT2D eigenvalue weighted by Crippen LogP contribution is 2.46. The molecule has 1 aliphatic carbocycles. The number of hydrogen-bond donors (Lipinski definition) is 3. The molecule has 1 aromatic heterocycles. The van der Waals surface area contributed by atoms with Crippen molar-refractivity contribution in [3.05, 3.63) is 40.5 Å². The van der Waals surface area contributed by atoms with Crippen LogP contribution in [0.5, 0.6) is 11.5 Å². The van der Waals surface area contributed by atoms with E-state index in [1.54, 1.807) is 39.1 Å². The third-order valence-corrected chi connectivity index (χ3v) is 7.12. The van der Waals surface area contributed by atoms with Gasteiger partial charge in [-0.3, -0.25) is 4.79 Å². The first-order chi connectivity index (χ1) is 18.4. The molecule has 0 aliphatic heterocycles. The van der Waals surface area contributed by atoms with Crippen molar-refractivity contribution in [1.82, 2.24) is 15.3 Å². The molecule has 1 fully saturated rings. The Bertz CT molecular complexity index is 1380. The second-order valence-corrected chi connectivity index (χ2v) is 11.0. The van der Waals surface area contributed by atoms with E-state index in [1.807, 2.05) is 12.1 Å². The third kappa shape index (κ3) is 6.39. The summed E-state index contributed by atoms with van der Waals surface area (Å²) in [6, 6.07) is 6.23. The van der Waals surface area contributed by atoms with Crippen LogP contribution < -0.4 is 20.1 Å². The highest BCUT2D eigenvalue weighted by atomic mass is 35.5. The van der Waals surface area contributed by atoms with Gasteiger partial charge in [0.05, 0.1) is 47.8 Å². The minimum Gasteiger partial charge on any atom is -0.495 e. The zero-order valence-corrected chi connectivity index (χ0v) is 23.7. The van der Waals surface area contributed by atoms with E-state index in [9.17, 15) is 14.7 Å². The minimum atomic E-state index is -0.922. The molecule has 2 unspecified atom stereocenters. The first-order valence-corrected chi connectivity index (χ1v) is 13.0. The summed E-state index contributed by atoms with van der Waals surface area (Å²) in [6.07, 6.45) is 1.59. The molecule has 208 valence electrons. The van der Waals surface area contributed by atoms with Gasteiger partial charge in [-0.25, -0.2) is 14.8 Å². The summed E-state index contributed by atoms with van der Waals surface area (Å²) in [5, 5.41) is 17.0. The molecular formula is C27H30Cl2N4O6. The molecule has 0 spiro atoms. The van der Waals surface area contributed by atoms with E-state index in [-0.39, 0.29) is 6.42 Å². The third-order valence-electron chi connectivity index (χ3n) is 6.37. The van der Waals surface area contributed by atoms with Crippen LogP contribution in [0.3, 0.4) is 0 Å². The summed E-state index contributed by atoms with van der Waals surface area (Å²) in [6.45, 7) is 5.29. The number of hydrogen-bond acceptors (Lipinski definition) is 8. The summed E-state index contributed by atoms with van der Waals surface area (Å²) in [5.74, 6) is -0.390. The molecule has 0 bridgehead atoms. The number of nitrogens with one attached hydrogen (secondary N) is 2. The summed E-state index contributed by atoms with van der Waals surface area (Å²) in [5.41, 5.74) is 1.24. The number of fused-ring (bicyclic) bond motifs is 1. The van der Waals surface area contributed by atoms with Gasteiger partial charge in [-0.05, 0) is 51.3 Å². The molecule has 1 amide bonds. The van der Waals surface area contributed by atoms with Gasteiger partial charge in [0.15, 0.2) is 0 Å². The lowest BCUT2D eigenvalue weighted by molar-refractivity contribution is -0.141. The Kier molecular flexibility index (Phi) is 8.27. The number of aromatic nitrogens is 2. The Hall–Kier alpha value is -3.50. The van der Waals surface area contributed by atoms with E-state index >= 15 is 0 Å².